The maximum absolute atomic E-state index is 5.37. The Morgan fingerprint density at radius 2 is 1.21 bits per heavy atom. The molecule has 0 N–H and O–H groups in total. The lowest BCUT2D eigenvalue weighted by Gasteiger charge is -2.03. The van der Waals surface area contributed by atoms with Gasteiger partial charge >= 0.3 is 0 Å². The smallest absolute Gasteiger partial charge is 0.0831 e. The van der Waals surface area contributed by atoms with Crippen molar-refractivity contribution < 1.29 is 18.9 Å². The molecule has 4 heteroatoms. The Balaban J connectivity index is 1.25. The van der Waals surface area contributed by atoms with E-state index >= 15 is 0 Å². The maximum Gasteiger partial charge on any atom is 0.0831 e. The molecular formula is C10H18O4. The normalized spacial score (nSPS) is 29.1. The lowest BCUT2D eigenvalue weighted by Crippen LogP contribution is -2.08. The minimum Gasteiger partial charge on any atom is -0.379 e. The van der Waals surface area contributed by atoms with Crippen molar-refractivity contribution in [1.82, 2.24) is 0 Å². The lowest BCUT2D eigenvalue weighted by molar-refractivity contribution is 0.0426. The standard InChI is InChI=1S/C10H18O4/c1(9-7-13-9)3-11-5-6-12-4-2-10-8-14-10/h9-10H,1-8H2. The zero-order chi connectivity index (χ0) is 9.64. The third kappa shape index (κ3) is 4.91. The van der Waals surface area contributed by atoms with Crippen molar-refractivity contribution in [3.05, 3.63) is 0 Å². The van der Waals surface area contributed by atoms with Crippen LogP contribution in [0.3, 0.4) is 0 Å². The molecule has 2 heterocycles. The molecule has 2 atom stereocenters. The van der Waals surface area contributed by atoms with Gasteiger partial charge in [-0.3, -0.25) is 0 Å². The number of hydrogen-bond acceptors (Lipinski definition) is 4. The molecule has 0 aromatic heterocycles. The minimum atomic E-state index is 0.475. The molecule has 82 valence electrons. The van der Waals surface area contributed by atoms with E-state index in [2.05, 4.69) is 0 Å². The third-order valence-electron chi connectivity index (χ3n) is 2.35. The van der Waals surface area contributed by atoms with Crippen LogP contribution in [0.5, 0.6) is 0 Å². The molecule has 14 heavy (non-hydrogen) atoms. The van der Waals surface area contributed by atoms with Crippen LogP contribution in [0, 0.1) is 0 Å². The molecule has 0 radical (unpaired) electrons. The average molecular weight is 202 g/mol. The summed E-state index contributed by atoms with van der Waals surface area (Å²) in [5.41, 5.74) is 0. The summed E-state index contributed by atoms with van der Waals surface area (Å²) >= 11 is 0. The highest BCUT2D eigenvalue weighted by molar-refractivity contribution is 4.68. The zero-order valence-corrected chi connectivity index (χ0v) is 8.44. The van der Waals surface area contributed by atoms with Crippen molar-refractivity contribution in [2.24, 2.45) is 0 Å². The second-order valence-electron chi connectivity index (χ2n) is 3.71. The highest BCUT2D eigenvalue weighted by Gasteiger charge is 2.22. The number of rotatable bonds is 9. The van der Waals surface area contributed by atoms with Gasteiger partial charge in [-0.1, -0.05) is 0 Å². The monoisotopic (exact) mass is 202 g/mol. The van der Waals surface area contributed by atoms with E-state index in [-0.39, 0.29) is 0 Å². The van der Waals surface area contributed by atoms with Gasteiger partial charge in [-0.25, -0.2) is 0 Å². The van der Waals surface area contributed by atoms with E-state index in [1.807, 2.05) is 0 Å². The quantitative estimate of drug-likeness (QED) is 0.405. The summed E-state index contributed by atoms with van der Waals surface area (Å²) in [5.74, 6) is 0. The van der Waals surface area contributed by atoms with Crippen molar-refractivity contribution in [3.8, 4) is 0 Å². The van der Waals surface area contributed by atoms with E-state index in [9.17, 15) is 0 Å². The molecule has 2 aliphatic rings. The van der Waals surface area contributed by atoms with Crippen LogP contribution in [0.2, 0.25) is 0 Å². The Bertz CT molecular complexity index is 136. The van der Waals surface area contributed by atoms with Gasteiger partial charge in [0.1, 0.15) is 0 Å². The molecule has 2 fully saturated rings. The van der Waals surface area contributed by atoms with Gasteiger partial charge in [0.15, 0.2) is 0 Å². The molecule has 0 bridgehead atoms. The Morgan fingerprint density at radius 1 is 0.786 bits per heavy atom. The van der Waals surface area contributed by atoms with Crippen molar-refractivity contribution in [3.63, 3.8) is 0 Å². The average Bonchev–Trinajstić information content (AvgIpc) is 3.00. The molecule has 0 aromatic rings. The highest BCUT2D eigenvalue weighted by atomic mass is 16.6. The van der Waals surface area contributed by atoms with E-state index < -0.39 is 0 Å². The molecule has 2 saturated heterocycles. The van der Waals surface area contributed by atoms with E-state index in [4.69, 9.17) is 18.9 Å². The summed E-state index contributed by atoms with van der Waals surface area (Å²) in [7, 11) is 0. The van der Waals surface area contributed by atoms with Gasteiger partial charge in [0.2, 0.25) is 0 Å². The van der Waals surface area contributed by atoms with E-state index in [0.717, 1.165) is 39.3 Å². The highest BCUT2D eigenvalue weighted by Crippen LogP contribution is 2.13. The first-order valence-electron chi connectivity index (χ1n) is 5.34. The Kier molecular flexibility index (Phi) is 4.19. The first-order chi connectivity index (χ1) is 6.95. The van der Waals surface area contributed by atoms with Crippen molar-refractivity contribution >= 4 is 0 Å². The van der Waals surface area contributed by atoms with E-state index in [0.29, 0.717) is 25.4 Å². The number of ether oxygens (including phenoxy) is 4. The molecule has 0 amide bonds. The SMILES string of the molecule is C(COCCC1CO1)OCCC1CO1. The summed E-state index contributed by atoms with van der Waals surface area (Å²) in [6.07, 6.45) is 3.00. The van der Waals surface area contributed by atoms with Gasteiger partial charge in [-0.15, -0.1) is 0 Å². The fourth-order valence-corrected chi connectivity index (χ4v) is 1.22. The number of hydrogen-bond donors (Lipinski definition) is 0. The molecule has 0 spiro atoms. The van der Waals surface area contributed by atoms with Crippen LogP contribution in [-0.2, 0) is 18.9 Å². The van der Waals surface area contributed by atoms with Gasteiger partial charge in [-0.2, -0.15) is 0 Å². The topological polar surface area (TPSA) is 43.5 Å². The van der Waals surface area contributed by atoms with Gasteiger partial charge < -0.3 is 18.9 Å². The summed E-state index contributed by atoms with van der Waals surface area (Å²) < 4.78 is 20.9. The van der Waals surface area contributed by atoms with Gasteiger partial charge in [0.05, 0.1) is 38.6 Å². The van der Waals surface area contributed by atoms with Crippen molar-refractivity contribution in [2.45, 2.75) is 25.0 Å². The first kappa shape index (κ1) is 10.4. The van der Waals surface area contributed by atoms with Crippen LogP contribution in [-0.4, -0.2) is 51.8 Å². The van der Waals surface area contributed by atoms with Crippen LogP contribution >= 0.6 is 0 Å². The molecular weight excluding hydrogens is 184 g/mol. The molecule has 4 nitrogen and oxygen atoms in total. The number of epoxide rings is 2. The predicted molar refractivity (Wildman–Crippen MR) is 50.4 cm³/mol. The summed E-state index contributed by atoms with van der Waals surface area (Å²) in [6.45, 7) is 4.80. The molecule has 0 aromatic carbocycles. The van der Waals surface area contributed by atoms with Crippen LogP contribution in [0.1, 0.15) is 12.8 Å². The predicted octanol–water partition coefficient (Wildman–Crippen LogP) is 0.597. The van der Waals surface area contributed by atoms with E-state index in [1.54, 1.807) is 0 Å². The van der Waals surface area contributed by atoms with Gasteiger partial charge in [0, 0.05) is 13.2 Å². The van der Waals surface area contributed by atoms with E-state index in [1.165, 1.54) is 0 Å². The van der Waals surface area contributed by atoms with Gasteiger partial charge in [0.25, 0.3) is 0 Å². The van der Waals surface area contributed by atoms with Crippen LogP contribution in [0.4, 0.5) is 0 Å². The lowest BCUT2D eigenvalue weighted by atomic mass is 10.3. The summed E-state index contributed by atoms with van der Waals surface area (Å²) in [6, 6.07) is 0. The zero-order valence-electron chi connectivity index (χ0n) is 8.44. The van der Waals surface area contributed by atoms with Crippen LogP contribution < -0.4 is 0 Å². The Hall–Kier alpha value is -0.160. The second-order valence-corrected chi connectivity index (χ2v) is 3.71. The fraction of sp³-hybridized carbons (Fsp3) is 1.00. The molecule has 2 unspecified atom stereocenters. The largest absolute Gasteiger partial charge is 0.379 e. The second kappa shape index (κ2) is 5.66. The fourth-order valence-electron chi connectivity index (χ4n) is 1.22. The van der Waals surface area contributed by atoms with Gasteiger partial charge in [-0.05, 0) is 12.8 Å². The summed E-state index contributed by atoms with van der Waals surface area (Å²) in [4.78, 5) is 0. The van der Waals surface area contributed by atoms with Crippen molar-refractivity contribution in [2.75, 3.05) is 39.6 Å². The third-order valence-corrected chi connectivity index (χ3v) is 2.35. The molecule has 0 aliphatic carbocycles. The molecule has 0 saturated carbocycles. The minimum absolute atomic E-state index is 0.475. The molecule has 2 aliphatic heterocycles. The molecule has 2 rings (SSSR count). The van der Waals surface area contributed by atoms with Crippen LogP contribution in [0.25, 0.3) is 0 Å². The van der Waals surface area contributed by atoms with Crippen molar-refractivity contribution in [1.29, 1.82) is 0 Å². The summed E-state index contributed by atoms with van der Waals surface area (Å²) in [5, 5.41) is 0. The van der Waals surface area contributed by atoms with Crippen LogP contribution in [0.15, 0.2) is 0 Å². The first-order valence-corrected chi connectivity index (χ1v) is 5.34. The Labute approximate surface area is 84.5 Å². The Morgan fingerprint density at radius 3 is 1.57 bits per heavy atom. The maximum atomic E-state index is 5.37.